The molecule has 0 aliphatic rings. The summed E-state index contributed by atoms with van der Waals surface area (Å²) < 4.78 is 5.07. The molecule has 0 aliphatic heterocycles. The van der Waals surface area contributed by atoms with Crippen molar-refractivity contribution >= 4 is 22.8 Å². The van der Waals surface area contributed by atoms with E-state index >= 15 is 0 Å². The Morgan fingerprint density at radius 3 is 2.73 bits per heavy atom. The number of phenolic OH excluding ortho intramolecular Hbond substituents is 1. The number of aryl methyl sites for hydroxylation is 1. The van der Waals surface area contributed by atoms with E-state index in [0.29, 0.717) is 11.3 Å². The van der Waals surface area contributed by atoms with Crippen LogP contribution in [0.3, 0.4) is 0 Å². The van der Waals surface area contributed by atoms with Gasteiger partial charge in [0.05, 0.1) is 18.3 Å². The summed E-state index contributed by atoms with van der Waals surface area (Å²) in [5.74, 6) is 0.748. The van der Waals surface area contributed by atoms with Crippen LogP contribution in [0.1, 0.15) is 11.3 Å². The van der Waals surface area contributed by atoms with Crippen molar-refractivity contribution in [1.82, 2.24) is 4.98 Å². The quantitative estimate of drug-likeness (QED) is 0.742. The van der Waals surface area contributed by atoms with Crippen molar-refractivity contribution in [2.75, 3.05) is 7.11 Å². The number of hydrogen-bond donors (Lipinski definition) is 1. The normalized spacial score (nSPS) is 11.2. The highest BCUT2D eigenvalue weighted by atomic mass is 16.5. The van der Waals surface area contributed by atoms with E-state index < -0.39 is 0 Å². The summed E-state index contributed by atoms with van der Waals surface area (Å²) in [7, 11) is 1.56. The van der Waals surface area contributed by atoms with Gasteiger partial charge in [0, 0.05) is 28.9 Å². The highest BCUT2D eigenvalue weighted by molar-refractivity contribution is 5.94. The van der Waals surface area contributed by atoms with Crippen LogP contribution in [-0.2, 0) is 0 Å². The molecule has 0 saturated heterocycles. The van der Waals surface area contributed by atoms with E-state index in [0.717, 1.165) is 22.3 Å². The maximum Gasteiger partial charge on any atom is 0.128 e. The third kappa shape index (κ3) is 2.76. The van der Waals surface area contributed by atoms with Crippen molar-refractivity contribution in [3.05, 3.63) is 59.8 Å². The molecule has 0 amide bonds. The molecule has 110 valence electrons. The fraction of sp³-hybridized carbons (Fsp3) is 0.111. The van der Waals surface area contributed by atoms with Gasteiger partial charge >= 0.3 is 0 Å². The number of nitrogens with zero attached hydrogens (tertiary/aromatic N) is 2. The van der Waals surface area contributed by atoms with Gasteiger partial charge in [-0.1, -0.05) is 18.2 Å². The van der Waals surface area contributed by atoms with Gasteiger partial charge in [-0.25, -0.2) is 0 Å². The van der Waals surface area contributed by atoms with Gasteiger partial charge in [-0.2, -0.15) is 0 Å². The number of fused-ring (bicyclic) bond motifs is 1. The molecule has 2 aromatic carbocycles. The van der Waals surface area contributed by atoms with Gasteiger partial charge in [-0.15, -0.1) is 0 Å². The molecule has 0 saturated carbocycles. The lowest BCUT2D eigenvalue weighted by Crippen LogP contribution is -1.87. The molecule has 0 bridgehead atoms. The standard InChI is InChI=1S/C18H16N2O2/c1-12-9-17(15-5-3-4-6-16(15)20-12)19-11-13-7-8-14(22-2)10-18(13)21/h3-11,21H,1-2H3. The van der Waals surface area contributed by atoms with Crippen LogP contribution in [0.5, 0.6) is 11.5 Å². The van der Waals surface area contributed by atoms with E-state index in [1.165, 1.54) is 0 Å². The number of pyridine rings is 1. The van der Waals surface area contributed by atoms with Gasteiger partial charge in [0.1, 0.15) is 11.5 Å². The zero-order chi connectivity index (χ0) is 15.5. The summed E-state index contributed by atoms with van der Waals surface area (Å²) in [5, 5.41) is 11.0. The molecule has 0 aliphatic carbocycles. The molecule has 0 spiro atoms. The summed E-state index contributed by atoms with van der Waals surface area (Å²) >= 11 is 0. The number of ether oxygens (including phenoxy) is 1. The SMILES string of the molecule is COc1ccc(C=Nc2cc(C)nc3ccccc23)c(O)c1. The maximum absolute atomic E-state index is 9.98. The molecule has 1 aromatic heterocycles. The van der Waals surface area contributed by atoms with Gasteiger partial charge in [-0.05, 0) is 31.2 Å². The first-order chi connectivity index (χ1) is 10.7. The Morgan fingerprint density at radius 2 is 1.95 bits per heavy atom. The van der Waals surface area contributed by atoms with E-state index in [1.54, 1.807) is 31.5 Å². The largest absolute Gasteiger partial charge is 0.507 e. The molecule has 3 aromatic rings. The third-order valence-corrected chi connectivity index (χ3v) is 3.40. The van der Waals surface area contributed by atoms with Crippen molar-refractivity contribution in [2.45, 2.75) is 6.92 Å². The molecule has 0 atom stereocenters. The fourth-order valence-electron chi connectivity index (χ4n) is 2.29. The molecular weight excluding hydrogens is 276 g/mol. The number of phenols is 1. The van der Waals surface area contributed by atoms with Crippen LogP contribution in [-0.4, -0.2) is 23.4 Å². The van der Waals surface area contributed by atoms with Crippen molar-refractivity contribution in [3.63, 3.8) is 0 Å². The molecule has 0 fully saturated rings. The van der Waals surface area contributed by atoms with Crippen molar-refractivity contribution < 1.29 is 9.84 Å². The molecule has 0 radical (unpaired) electrons. The van der Waals surface area contributed by atoms with Crippen LogP contribution in [0.15, 0.2) is 53.5 Å². The minimum absolute atomic E-state index is 0.137. The molecule has 4 nitrogen and oxygen atoms in total. The van der Waals surface area contributed by atoms with Gasteiger partial charge in [0.2, 0.25) is 0 Å². The highest BCUT2D eigenvalue weighted by Crippen LogP contribution is 2.27. The molecule has 1 heterocycles. The number of aromatic hydroxyl groups is 1. The van der Waals surface area contributed by atoms with Gasteiger partial charge < -0.3 is 9.84 Å². The minimum Gasteiger partial charge on any atom is -0.507 e. The number of hydrogen-bond acceptors (Lipinski definition) is 4. The summed E-state index contributed by atoms with van der Waals surface area (Å²) in [6.45, 7) is 1.94. The Labute approximate surface area is 128 Å². The second-order valence-electron chi connectivity index (χ2n) is 4.98. The summed E-state index contributed by atoms with van der Waals surface area (Å²) in [6.07, 6.45) is 1.65. The Balaban J connectivity index is 2.02. The van der Waals surface area contributed by atoms with Crippen LogP contribution in [0, 0.1) is 6.92 Å². The van der Waals surface area contributed by atoms with E-state index in [1.807, 2.05) is 37.3 Å². The Kier molecular flexibility index (Phi) is 3.74. The molecular formula is C18H16N2O2. The Hall–Kier alpha value is -2.88. The first-order valence-electron chi connectivity index (χ1n) is 6.95. The molecule has 0 unspecified atom stereocenters. The van der Waals surface area contributed by atoms with E-state index in [9.17, 15) is 5.11 Å². The van der Waals surface area contributed by atoms with E-state index in [2.05, 4.69) is 9.98 Å². The summed E-state index contributed by atoms with van der Waals surface area (Å²) in [6, 6.07) is 14.9. The van der Waals surface area contributed by atoms with Crippen molar-refractivity contribution in [2.24, 2.45) is 4.99 Å². The van der Waals surface area contributed by atoms with Crippen LogP contribution < -0.4 is 4.74 Å². The van der Waals surface area contributed by atoms with Crippen LogP contribution in [0.2, 0.25) is 0 Å². The number of aromatic nitrogens is 1. The maximum atomic E-state index is 9.98. The van der Waals surface area contributed by atoms with Gasteiger partial charge in [0.25, 0.3) is 0 Å². The number of rotatable bonds is 3. The third-order valence-electron chi connectivity index (χ3n) is 3.40. The zero-order valence-electron chi connectivity index (χ0n) is 12.4. The average molecular weight is 292 g/mol. The monoisotopic (exact) mass is 292 g/mol. The first kappa shape index (κ1) is 14.1. The second kappa shape index (κ2) is 5.85. The predicted octanol–water partition coefficient (Wildman–Crippen LogP) is 4.01. The highest BCUT2D eigenvalue weighted by Gasteiger charge is 2.04. The number of aliphatic imine (C=N–C) groups is 1. The fourth-order valence-corrected chi connectivity index (χ4v) is 2.29. The smallest absolute Gasteiger partial charge is 0.128 e. The number of para-hydroxylation sites is 1. The molecule has 22 heavy (non-hydrogen) atoms. The number of methoxy groups -OCH3 is 1. The van der Waals surface area contributed by atoms with Gasteiger partial charge in [-0.3, -0.25) is 9.98 Å². The summed E-state index contributed by atoms with van der Waals surface area (Å²) in [5.41, 5.74) is 3.29. The van der Waals surface area contributed by atoms with E-state index in [-0.39, 0.29) is 5.75 Å². The Morgan fingerprint density at radius 1 is 1.14 bits per heavy atom. The number of benzene rings is 2. The Bertz CT molecular complexity index is 857. The first-order valence-corrected chi connectivity index (χ1v) is 6.95. The van der Waals surface area contributed by atoms with Crippen LogP contribution in [0.25, 0.3) is 10.9 Å². The zero-order valence-corrected chi connectivity index (χ0v) is 12.4. The van der Waals surface area contributed by atoms with Crippen molar-refractivity contribution in [1.29, 1.82) is 0 Å². The summed E-state index contributed by atoms with van der Waals surface area (Å²) in [4.78, 5) is 9.01. The van der Waals surface area contributed by atoms with E-state index in [4.69, 9.17) is 4.74 Å². The van der Waals surface area contributed by atoms with Crippen molar-refractivity contribution in [3.8, 4) is 11.5 Å². The second-order valence-corrected chi connectivity index (χ2v) is 4.98. The topological polar surface area (TPSA) is 54.7 Å². The average Bonchev–Trinajstić information content (AvgIpc) is 2.53. The molecule has 4 heteroatoms. The predicted molar refractivity (Wildman–Crippen MR) is 88.4 cm³/mol. The lowest BCUT2D eigenvalue weighted by molar-refractivity contribution is 0.407. The lowest BCUT2D eigenvalue weighted by atomic mass is 10.1. The molecule has 1 N–H and O–H groups in total. The van der Waals surface area contributed by atoms with Crippen LogP contribution in [0.4, 0.5) is 5.69 Å². The minimum atomic E-state index is 0.137. The lowest BCUT2D eigenvalue weighted by Gasteiger charge is -2.05. The molecule has 3 rings (SSSR count). The van der Waals surface area contributed by atoms with Crippen LogP contribution >= 0.6 is 0 Å². The van der Waals surface area contributed by atoms with Gasteiger partial charge in [0.15, 0.2) is 0 Å².